The van der Waals surface area contributed by atoms with E-state index in [1.165, 1.54) is 0 Å². The van der Waals surface area contributed by atoms with E-state index in [-0.39, 0.29) is 12.0 Å². The van der Waals surface area contributed by atoms with Crippen LogP contribution in [0.15, 0.2) is 23.4 Å². The number of carbonyl (C=O) groups is 1. The number of oxime groups is 1. The quantitative estimate of drug-likeness (QED) is 0.758. The van der Waals surface area contributed by atoms with Gasteiger partial charge in [0.25, 0.3) is 0 Å². The number of hydrogen-bond acceptors (Lipinski definition) is 3. The fourth-order valence-corrected chi connectivity index (χ4v) is 3.11. The van der Waals surface area contributed by atoms with Crippen molar-refractivity contribution in [2.24, 2.45) is 17.0 Å². The van der Waals surface area contributed by atoms with Crippen LogP contribution < -0.4 is 0 Å². The van der Waals surface area contributed by atoms with Gasteiger partial charge in [0.2, 0.25) is 0 Å². The summed E-state index contributed by atoms with van der Waals surface area (Å²) >= 11 is 12.5. The molecule has 0 saturated heterocycles. The van der Waals surface area contributed by atoms with Crippen LogP contribution in [0.1, 0.15) is 32.3 Å². The van der Waals surface area contributed by atoms with Crippen LogP contribution in [0.2, 0.25) is 10.0 Å². The predicted molar refractivity (Wildman–Crippen MR) is 81.5 cm³/mol. The average Bonchev–Trinajstić information content (AvgIpc) is 2.80. The van der Waals surface area contributed by atoms with Crippen LogP contribution in [-0.4, -0.2) is 18.1 Å². The number of halogens is 2. The Kier molecular flexibility index (Phi) is 5.06. The van der Waals surface area contributed by atoms with Crippen molar-refractivity contribution in [3.05, 3.63) is 33.8 Å². The number of benzene rings is 1. The van der Waals surface area contributed by atoms with Crippen LogP contribution in [0.5, 0.6) is 0 Å². The van der Waals surface area contributed by atoms with Gasteiger partial charge in [-0.05, 0) is 24.5 Å². The zero-order valence-corrected chi connectivity index (χ0v) is 13.0. The third-order valence-corrected chi connectivity index (χ3v) is 4.12. The molecule has 0 saturated carbocycles. The maximum absolute atomic E-state index is 10.7. The van der Waals surface area contributed by atoms with E-state index in [4.69, 9.17) is 28.0 Å². The van der Waals surface area contributed by atoms with E-state index >= 15 is 0 Å². The minimum Gasteiger partial charge on any atom is -0.391 e. The highest BCUT2D eigenvalue weighted by Gasteiger charge is 2.37. The van der Waals surface area contributed by atoms with Gasteiger partial charge in [-0.15, -0.1) is 0 Å². The third-order valence-electron chi connectivity index (χ3n) is 3.49. The standard InChI is InChI=1S/C15H17Cl2NO2/c1-9(2)15-10(5-4-8-19)14(18-20-15)13-11(16)6-3-7-12(13)17/h3,6-10,15H,4-5H2,1-2H3. The lowest BCUT2D eigenvalue weighted by Crippen LogP contribution is -2.29. The Morgan fingerprint density at radius 3 is 2.55 bits per heavy atom. The van der Waals surface area contributed by atoms with Gasteiger partial charge in [-0.1, -0.05) is 48.3 Å². The molecule has 2 atom stereocenters. The van der Waals surface area contributed by atoms with E-state index in [2.05, 4.69) is 19.0 Å². The van der Waals surface area contributed by atoms with Gasteiger partial charge in [-0.3, -0.25) is 0 Å². The van der Waals surface area contributed by atoms with Gasteiger partial charge < -0.3 is 9.63 Å². The average molecular weight is 314 g/mol. The highest BCUT2D eigenvalue weighted by atomic mass is 35.5. The van der Waals surface area contributed by atoms with Crippen LogP contribution >= 0.6 is 23.2 Å². The van der Waals surface area contributed by atoms with E-state index in [0.717, 1.165) is 17.6 Å². The molecule has 1 aliphatic heterocycles. The minimum atomic E-state index is -0.0442. The van der Waals surface area contributed by atoms with Crippen molar-refractivity contribution < 1.29 is 9.63 Å². The molecule has 20 heavy (non-hydrogen) atoms. The van der Waals surface area contributed by atoms with Crippen LogP contribution in [0.4, 0.5) is 0 Å². The summed E-state index contributed by atoms with van der Waals surface area (Å²) in [6, 6.07) is 5.36. The van der Waals surface area contributed by atoms with Crippen LogP contribution in [0.25, 0.3) is 0 Å². The van der Waals surface area contributed by atoms with E-state index in [0.29, 0.717) is 28.8 Å². The number of nitrogens with zero attached hydrogens (tertiary/aromatic N) is 1. The van der Waals surface area contributed by atoms with E-state index in [1.54, 1.807) is 18.2 Å². The summed E-state index contributed by atoms with van der Waals surface area (Å²) in [5.41, 5.74) is 1.47. The normalized spacial score (nSPS) is 21.8. The Hall–Kier alpha value is -1.06. The summed E-state index contributed by atoms with van der Waals surface area (Å²) in [4.78, 5) is 16.2. The topological polar surface area (TPSA) is 38.7 Å². The maximum Gasteiger partial charge on any atom is 0.138 e. The lowest BCUT2D eigenvalue weighted by molar-refractivity contribution is -0.108. The van der Waals surface area contributed by atoms with Gasteiger partial charge in [0, 0.05) is 17.9 Å². The van der Waals surface area contributed by atoms with Gasteiger partial charge in [0.15, 0.2) is 0 Å². The molecule has 0 spiro atoms. The Morgan fingerprint density at radius 1 is 1.35 bits per heavy atom. The van der Waals surface area contributed by atoms with Gasteiger partial charge in [0.1, 0.15) is 12.4 Å². The lowest BCUT2D eigenvalue weighted by atomic mass is 9.84. The molecule has 5 heteroatoms. The fraction of sp³-hybridized carbons (Fsp3) is 0.467. The van der Waals surface area contributed by atoms with Crippen molar-refractivity contribution in [3.8, 4) is 0 Å². The van der Waals surface area contributed by atoms with Crippen LogP contribution in [0.3, 0.4) is 0 Å². The summed E-state index contributed by atoms with van der Waals surface area (Å²) in [5, 5.41) is 5.31. The van der Waals surface area contributed by atoms with Crippen molar-refractivity contribution >= 4 is 35.2 Å². The first-order chi connectivity index (χ1) is 9.56. The fourth-order valence-electron chi connectivity index (χ4n) is 2.52. The molecule has 0 aliphatic carbocycles. The first-order valence-corrected chi connectivity index (χ1v) is 7.43. The van der Waals surface area contributed by atoms with Crippen molar-refractivity contribution in [2.75, 3.05) is 0 Å². The Bertz CT molecular complexity index is 508. The monoisotopic (exact) mass is 313 g/mol. The van der Waals surface area contributed by atoms with Crippen molar-refractivity contribution in [2.45, 2.75) is 32.8 Å². The summed E-state index contributed by atoms with van der Waals surface area (Å²) in [6.45, 7) is 4.15. The highest BCUT2D eigenvalue weighted by Crippen LogP contribution is 2.36. The number of carbonyl (C=O) groups excluding carboxylic acids is 1. The van der Waals surface area contributed by atoms with Crippen LogP contribution in [-0.2, 0) is 9.63 Å². The molecule has 1 heterocycles. The van der Waals surface area contributed by atoms with Gasteiger partial charge in [-0.2, -0.15) is 0 Å². The van der Waals surface area contributed by atoms with Crippen LogP contribution in [0, 0.1) is 11.8 Å². The highest BCUT2D eigenvalue weighted by molar-refractivity contribution is 6.40. The van der Waals surface area contributed by atoms with E-state index < -0.39 is 0 Å². The second-order valence-electron chi connectivity index (χ2n) is 5.24. The molecule has 1 aromatic carbocycles. The van der Waals surface area contributed by atoms with Crippen molar-refractivity contribution in [3.63, 3.8) is 0 Å². The van der Waals surface area contributed by atoms with Gasteiger partial charge in [-0.25, -0.2) is 0 Å². The smallest absolute Gasteiger partial charge is 0.138 e. The molecule has 0 amide bonds. The first kappa shape index (κ1) is 15.3. The molecular weight excluding hydrogens is 297 g/mol. The minimum absolute atomic E-state index is 0.0394. The van der Waals surface area contributed by atoms with Gasteiger partial charge in [0.05, 0.1) is 15.8 Å². The predicted octanol–water partition coefficient (Wildman–Crippen LogP) is 4.35. The first-order valence-electron chi connectivity index (χ1n) is 6.68. The second kappa shape index (κ2) is 6.59. The molecule has 108 valence electrons. The second-order valence-corrected chi connectivity index (χ2v) is 6.05. The van der Waals surface area contributed by atoms with E-state index in [1.807, 2.05) is 0 Å². The summed E-state index contributed by atoms with van der Waals surface area (Å²) in [7, 11) is 0. The molecular formula is C15H17Cl2NO2. The number of hydrogen-bond donors (Lipinski definition) is 0. The summed E-state index contributed by atoms with van der Waals surface area (Å²) in [5.74, 6) is 0.340. The van der Waals surface area contributed by atoms with Gasteiger partial charge >= 0.3 is 0 Å². The Labute approximate surface area is 128 Å². The Balaban J connectivity index is 2.36. The SMILES string of the molecule is CC(C)C1ON=C(c2c(Cl)cccc2Cl)C1CCC=O. The summed E-state index contributed by atoms with van der Waals surface area (Å²) < 4.78 is 0. The molecule has 0 N–H and O–H groups in total. The molecule has 2 rings (SSSR count). The Morgan fingerprint density at radius 2 is 2.00 bits per heavy atom. The third kappa shape index (κ3) is 2.99. The molecule has 0 aromatic heterocycles. The molecule has 2 unspecified atom stereocenters. The molecule has 0 fully saturated rings. The van der Waals surface area contributed by atoms with Crippen molar-refractivity contribution in [1.29, 1.82) is 0 Å². The lowest BCUT2D eigenvalue weighted by Gasteiger charge is -2.21. The molecule has 1 aliphatic rings. The number of rotatable bonds is 5. The van der Waals surface area contributed by atoms with E-state index in [9.17, 15) is 4.79 Å². The van der Waals surface area contributed by atoms with Crippen molar-refractivity contribution in [1.82, 2.24) is 0 Å². The molecule has 0 radical (unpaired) electrons. The molecule has 3 nitrogen and oxygen atoms in total. The maximum atomic E-state index is 10.7. The molecule has 1 aromatic rings. The summed E-state index contributed by atoms with van der Waals surface area (Å²) in [6.07, 6.45) is 2.03. The zero-order valence-electron chi connectivity index (χ0n) is 11.5. The zero-order chi connectivity index (χ0) is 14.7. The largest absolute Gasteiger partial charge is 0.391 e. The molecule has 0 bridgehead atoms. The number of aldehydes is 1.